The summed E-state index contributed by atoms with van der Waals surface area (Å²) in [6.07, 6.45) is -1.57. The van der Waals surface area contributed by atoms with Crippen molar-refractivity contribution in [2.75, 3.05) is 0 Å². The first-order valence-electron chi connectivity index (χ1n) is 3.37. The van der Waals surface area contributed by atoms with E-state index in [1.54, 1.807) is 0 Å². The number of pyridine rings is 1. The van der Waals surface area contributed by atoms with Crippen LogP contribution in [0.5, 0.6) is 0 Å². The highest BCUT2D eigenvalue weighted by molar-refractivity contribution is 14.1. The molecule has 1 aromatic heterocycles. The number of aromatic nitrogens is 1. The standard InChI is InChI=1S/C7H4BrF2IN2O/c8-4-2(11)1-13-5(6(9)10)3(4)7(12)14/h1,6H,(H2,12,14). The van der Waals surface area contributed by atoms with E-state index in [0.29, 0.717) is 3.57 Å². The first-order chi connectivity index (χ1) is 6.45. The molecular weight excluding hydrogens is 373 g/mol. The van der Waals surface area contributed by atoms with Gasteiger partial charge in [0.15, 0.2) is 0 Å². The van der Waals surface area contributed by atoms with Crippen molar-refractivity contribution in [2.24, 2.45) is 5.73 Å². The normalized spacial score (nSPS) is 10.6. The Morgan fingerprint density at radius 2 is 2.21 bits per heavy atom. The minimum absolute atomic E-state index is 0.257. The molecule has 1 aromatic rings. The third-order valence-electron chi connectivity index (χ3n) is 1.46. The molecule has 0 atom stereocenters. The zero-order valence-corrected chi connectivity index (χ0v) is 10.3. The summed E-state index contributed by atoms with van der Waals surface area (Å²) in [6, 6.07) is 0. The predicted molar refractivity (Wildman–Crippen MR) is 58.1 cm³/mol. The van der Waals surface area contributed by atoms with Gasteiger partial charge in [-0.15, -0.1) is 0 Å². The fraction of sp³-hybridized carbons (Fsp3) is 0.143. The molecule has 0 saturated heterocycles. The van der Waals surface area contributed by atoms with Crippen LogP contribution in [0.25, 0.3) is 0 Å². The highest BCUT2D eigenvalue weighted by Gasteiger charge is 2.22. The van der Waals surface area contributed by atoms with Gasteiger partial charge in [-0.1, -0.05) is 0 Å². The number of hydrogen-bond acceptors (Lipinski definition) is 2. The molecule has 0 aliphatic carbocycles. The molecule has 0 unspecified atom stereocenters. The van der Waals surface area contributed by atoms with Crippen LogP contribution in [0.1, 0.15) is 22.5 Å². The fourth-order valence-corrected chi connectivity index (χ4v) is 1.79. The molecule has 7 heteroatoms. The molecule has 2 N–H and O–H groups in total. The van der Waals surface area contributed by atoms with E-state index in [0.717, 1.165) is 0 Å². The molecule has 1 amide bonds. The molecule has 1 heterocycles. The number of amides is 1. The molecule has 0 aliphatic heterocycles. The molecule has 76 valence electrons. The van der Waals surface area contributed by atoms with Gasteiger partial charge in [-0.25, -0.2) is 8.78 Å². The number of hydrogen-bond donors (Lipinski definition) is 1. The van der Waals surface area contributed by atoms with E-state index in [1.807, 2.05) is 22.6 Å². The van der Waals surface area contributed by atoms with Gasteiger partial charge in [-0.05, 0) is 38.5 Å². The Morgan fingerprint density at radius 1 is 1.64 bits per heavy atom. The van der Waals surface area contributed by atoms with Crippen LogP contribution in [0.15, 0.2) is 10.7 Å². The van der Waals surface area contributed by atoms with Gasteiger partial charge < -0.3 is 5.73 Å². The lowest BCUT2D eigenvalue weighted by molar-refractivity contribution is 0.0982. The number of nitrogens with two attached hydrogens (primary N) is 1. The van der Waals surface area contributed by atoms with Gasteiger partial charge in [0.1, 0.15) is 5.69 Å². The Balaban J connectivity index is 3.45. The Kier molecular flexibility index (Phi) is 3.76. The number of halogens is 4. The maximum Gasteiger partial charge on any atom is 0.281 e. The molecule has 0 aliphatic rings. The molecule has 0 bridgehead atoms. The van der Waals surface area contributed by atoms with Crippen molar-refractivity contribution in [1.29, 1.82) is 0 Å². The SMILES string of the molecule is NC(=O)c1c(C(F)F)ncc(I)c1Br. The van der Waals surface area contributed by atoms with E-state index < -0.39 is 18.0 Å². The molecule has 0 aromatic carbocycles. The molecule has 0 saturated carbocycles. The molecule has 14 heavy (non-hydrogen) atoms. The smallest absolute Gasteiger partial charge is 0.281 e. The zero-order chi connectivity index (χ0) is 10.9. The summed E-state index contributed by atoms with van der Waals surface area (Å²) < 4.78 is 25.6. The van der Waals surface area contributed by atoms with Crippen molar-refractivity contribution in [3.8, 4) is 0 Å². The average Bonchev–Trinajstić information content (AvgIpc) is 2.08. The van der Waals surface area contributed by atoms with Gasteiger partial charge in [-0.2, -0.15) is 0 Å². The second-order valence-electron chi connectivity index (χ2n) is 2.35. The summed E-state index contributed by atoms with van der Waals surface area (Å²) in [5.41, 5.74) is 4.13. The minimum Gasteiger partial charge on any atom is -0.366 e. The van der Waals surface area contributed by atoms with E-state index in [2.05, 4.69) is 20.9 Å². The average molecular weight is 377 g/mol. The summed E-state index contributed by atoms with van der Waals surface area (Å²) in [5.74, 6) is -0.918. The Hall–Kier alpha value is -0.310. The van der Waals surface area contributed by atoms with E-state index >= 15 is 0 Å². The summed E-state index contributed by atoms with van der Waals surface area (Å²) in [4.78, 5) is 14.4. The number of primary amides is 1. The third-order valence-corrected chi connectivity index (χ3v) is 3.84. The first kappa shape index (κ1) is 11.8. The third kappa shape index (κ3) is 2.19. The Bertz CT molecular complexity index is 386. The monoisotopic (exact) mass is 376 g/mol. The quantitative estimate of drug-likeness (QED) is 0.806. The van der Waals surface area contributed by atoms with Crippen molar-refractivity contribution in [3.63, 3.8) is 0 Å². The number of carbonyl (C=O) groups excluding carboxylic acids is 1. The molecule has 0 fully saturated rings. The van der Waals surface area contributed by atoms with Crippen LogP contribution in [0.2, 0.25) is 0 Å². The topological polar surface area (TPSA) is 56.0 Å². The van der Waals surface area contributed by atoms with E-state index in [-0.39, 0.29) is 10.0 Å². The maximum atomic E-state index is 12.4. The van der Waals surface area contributed by atoms with Crippen molar-refractivity contribution in [1.82, 2.24) is 4.98 Å². The highest BCUT2D eigenvalue weighted by atomic mass is 127. The van der Waals surface area contributed by atoms with Crippen molar-refractivity contribution >= 4 is 44.4 Å². The van der Waals surface area contributed by atoms with Gasteiger partial charge in [0.2, 0.25) is 0 Å². The largest absolute Gasteiger partial charge is 0.366 e. The zero-order valence-electron chi connectivity index (χ0n) is 6.60. The number of alkyl halides is 2. The maximum absolute atomic E-state index is 12.4. The summed E-state index contributed by atoms with van der Waals surface area (Å²) >= 11 is 4.88. The number of rotatable bonds is 2. The molecule has 3 nitrogen and oxygen atoms in total. The summed E-state index contributed by atoms with van der Waals surface area (Å²) in [5, 5.41) is 0. The van der Waals surface area contributed by atoms with Crippen LogP contribution in [0.3, 0.4) is 0 Å². The minimum atomic E-state index is -2.81. The van der Waals surface area contributed by atoms with Crippen molar-refractivity contribution < 1.29 is 13.6 Å². The number of nitrogens with zero attached hydrogens (tertiary/aromatic N) is 1. The van der Waals surface area contributed by atoms with Crippen LogP contribution in [-0.4, -0.2) is 10.9 Å². The lowest BCUT2D eigenvalue weighted by Gasteiger charge is -2.07. The lowest BCUT2D eigenvalue weighted by atomic mass is 10.2. The van der Waals surface area contributed by atoms with Crippen LogP contribution in [0.4, 0.5) is 8.78 Å². The molecule has 1 rings (SSSR count). The fourth-order valence-electron chi connectivity index (χ4n) is 0.879. The second-order valence-corrected chi connectivity index (χ2v) is 4.30. The van der Waals surface area contributed by atoms with Gasteiger partial charge in [-0.3, -0.25) is 9.78 Å². The highest BCUT2D eigenvalue weighted by Crippen LogP contribution is 2.29. The van der Waals surface area contributed by atoms with Crippen LogP contribution in [0, 0.1) is 3.57 Å². The van der Waals surface area contributed by atoms with Gasteiger partial charge in [0.25, 0.3) is 12.3 Å². The second kappa shape index (κ2) is 4.47. The first-order valence-corrected chi connectivity index (χ1v) is 5.24. The van der Waals surface area contributed by atoms with E-state index in [4.69, 9.17) is 5.73 Å². The summed E-state index contributed by atoms with van der Waals surface area (Å²) in [7, 11) is 0. The molecule has 0 spiro atoms. The van der Waals surface area contributed by atoms with Crippen LogP contribution >= 0.6 is 38.5 Å². The Morgan fingerprint density at radius 3 is 2.64 bits per heavy atom. The predicted octanol–water partition coefficient (Wildman–Crippen LogP) is 2.49. The lowest BCUT2D eigenvalue weighted by Crippen LogP contribution is -2.16. The van der Waals surface area contributed by atoms with Crippen LogP contribution < -0.4 is 5.73 Å². The van der Waals surface area contributed by atoms with E-state index in [9.17, 15) is 13.6 Å². The van der Waals surface area contributed by atoms with Crippen molar-refractivity contribution in [2.45, 2.75) is 6.43 Å². The summed E-state index contributed by atoms with van der Waals surface area (Å²) in [6.45, 7) is 0. The van der Waals surface area contributed by atoms with Gasteiger partial charge in [0.05, 0.1) is 5.56 Å². The Labute approximate surface area is 100 Å². The molecule has 0 radical (unpaired) electrons. The molecular formula is C7H4BrF2IN2O. The van der Waals surface area contributed by atoms with Crippen molar-refractivity contribution in [3.05, 3.63) is 25.5 Å². The van der Waals surface area contributed by atoms with Crippen LogP contribution in [-0.2, 0) is 0 Å². The number of carbonyl (C=O) groups is 1. The van der Waals surface area contributed by atoms with Gasteiger partial charge in [0, 0.05) is 14.2 Å². The van der Waals surface area contributed by atoms with E-state index in [1.165, 1.54) is 6.20 Å². The van der Waals surface area contributed by atoms with Gasteiger partial charge >= 0.3 is 0 Å².